The van der Waals surface area contributed by atoms with Gasteiger partial charge >= 0.3 is 0 Å². The fourth-order valence-electron chi connectivity index (χ4n) is 3.58. The highest BCUT2D eigenvalue weighted by molar-refractivity contribution is 6.04. The Morgan fingerprint density at radius 2 is 1.87 bits per heavy atom. The lowest BCUT2D eigenvalue weighted by Gasteiger charge is -2.23. The number of carbonyl (C=O) groups excluding carboxylic acids is 1. The molecule has 3 nitrogen and oxygen atoms in total. The van der Waals surface area contributed by atoms with E-state index >= 15 is 0 Å². The van der Waals surface area contributed by atoms with E-state index in [9.17, 15) is 9.18 Å². The zero-order valence-electron chi connectivity index (χ0n) is 12.7. The highest BCUT2D eigenvalue weighted by Gasteiger charge is 2.36. The minimum atomic E-state index is -0.348. The summed E-state index contributed by atoms with van der Waals surface area (Å²) in [5.74, 6) is 0.812. The van der Waals surface area contributed by atoms with E-state index in [0.29, 0.717) is 17.6 Å². The molecule has 0 bridgehead atoms. The lowest BCUT2D eigenvalue weighted by molar-refractivity contribution is 0.102. The molecular weight excluding hydrogens is 293 g/mol. The molecule has 1 aliphatic heterocycles. The first-order valence-corrected chi connectivity index (χ1v) is 8.08. The molecule has 0 radical (unpaired) electrons. The van der Waals surface area contributed by atoms with E-state index in [-0.39, 0.29) is 11.7 Å². The Bertz CT molecular complexity index is 742. The molecule has 2 unspecified atom stereocenters. The van der Waals surface area contributed by atoms with Crippen LogP contribution in [0.1, 0.15) is 47.5 Å². The maximum Gasteiger partial charge on any atom is 0.255 e. The van der Waals surface area contributed by atoms with Gasteiger partial charge < -0.3 is 10.1 Å². The maximum absolute atomic E-state index is 12.9. The summed E-state index contributed by atoms with van der Waals surface area (Å²) in [6.45, 7) is 0. The fourth-order valence-corrected chi connectivity index (χ4v) is 3.58. The number of anilines is 1. The Kier molecular flexibility index (Phi) is 3.52. The van der Waals surface area contributed by atoms with Gasteiger partial charge in [0, 0.05) is 22.7 Å². The molecule has 23 heavy (non-hydrogen) atoms. The third-order valence-corrected chi connectivity index (χ3v) is 4.75. The molecule has 1 heterocycles. The molecule has 118 valence electrons. The van der Waals surface area contributed by atoms with Crippen molar-refractivity contribution in [2.24, 2.45) is 0 Å². The van der Waals surface area contributed by atoms with Crippen LogP contribution in [0.5, 0.6) is 5.75 Å². The van der Waals surface area contributed by atoms with Crippen LogP contribution < -0.4 is 10.1 Å². The standard InChI is InChI=1S/C19H18FNO2/c20-13-7-5-12(6-8-13)19(22)21-14-9-10-18-16(11-14)15-3-1-2-4-17(15)23-18/h5-11,15,17H,1-4H2,(H,21,22). The van der Waals surface area contributed by atoms with E-state index in [1.165, 1.54) is 42.7 Å². The minimum absolute atomic E-state index is 0.232. The molecule has 0 spiro atoms. The van der Waals surface area contributed by atoms with Gasteiger partial charge in [0.1, 0.15) is 17.7 Å². The second-order valence-corrected chi connectivity index (χ2v) is 6.26. The first kappa shape index (κ1) is 14.2. The molecule has 1 fully saturated rings. The Labute approximate surface area is 134 Å². The average Bonchev–Trinajstić information content (AvgIpc) is 2.93. The third kappa shape index (κ3) is 2.69. The van der Waals surface area contributed by atoms with Crippen molar-refractivity contribution in [3.63, 3.8) is 0 Å². The van der Waals surface area contributed by atoms with Gasteiger partial charge in [0.05, 0.1) is 0 Å². The van der Waals surface area contributed by atoms with Gasteiger partial charge in [-0.2, -0.15) is 0 Å². The maximum atomic E-state index is 12.9. The molecular formula is C19H18FNO2. The number of amides is 1. The van der Waals surface area contributed by atoms with Gasteiger partial charge in [0.25, 0.3) is 5.91 Å². The molecule has 4 heteroatoms. The SMILES string of the molecule is O=C(Nc1ccc2c(c1)C1CCCCC1O2)c1ccc(F)cc1. The summed E-state index contributed by atoms with van der Waals surface area (Å²) in [4.78, 5) is 12.2. The molecule has 2 aliphatic rings. The summed E-state index contributed by atoms with van der Waals surface area (Å²) < 4.78 is 19.0. The van der Waals surface area contributed by atoms with Crippen molar-refractivity contribution in [1.82, 2.24) is 0 Å². The van der Waals surface area contributed by atoms with Crippen LogP contribution in [-0.4, -0.2) is 12.0 Å². The highest BCUT2D eigenvalue weighted by atomic mass is 19.1. The van der Waals surface area contributed by atoms with Crippen molar-refractivity contribution in [1.29, 1.82) is 0 Å². The van der Waals surface area contributed by atoms with E-state index in [1.54, 1.807) is 0 Å². The van der Waals surface area contributed by atoms with Crippen LogP contribution in [0.15, 0.2) is 42.5 Å². The van der Waals surface area contributed by atoms with Crippen molar-refractivity contribution in [2.75, 3.05) is 5.32 Å². The second kappa shape index (κ2) is 5.69. The molecule has 1 aliphatic carbocycles. The average molecular weight is 311 g/mol. The third-order valence-electron chi connectivity index (χ3n) is 4.75. The van der Waals surface area contributed by atoms with Crippen molar-refractivity contribution in [3.8, 4) is 5.75 Å². The number of ether oxygens (including phenoxy) is 1. The quantitative estimate of drug-likeness (QED) is 0.887. The number of carbonyl (C=O) groups is 1. The Balaban J connectivity index is 1.55. The van der Waals surface area contributed by atoms with Crippen molar-refractivity contribution in [2.45, 2.75) is 37.7 Å². The number of fused-ring (bicyclic) bond motifs is 3. The molecule has 1 amide bonds. The molecule has 0 aromatic heterocycles. The van der Waals surface area contributed by atoms with Crippen LogP contribution in [-0.2, 0) is 0 Å². The number of rotatable bonds is 2. The fraction of sp³-hybridized carbons (Fsp3) is 0.316. The molecule has 1 saturated carbocycles. The smallest absolute Gasteiger partial charge is 0.255 e. The highest BCUT2D eigenvalue weighted by Crippen LogP contribution is 2.46. The largest absolute Gasteiger partial charge is 0.489 e. The van der Waals surface area contributed by atoms with Crippen molar-refractivity contribution in [3.05, 3.63) is 59.4 Å². The summed E-state index contributed by atoms with van der Waals surface area (Å²) in [7, 11) is 0. The molecule has 1 N–H and O–H groups in total. The second-order valence-electron chi connectivity index (χ2n) is 6.26. The van der Waals surface area contributed by atoms with E-state index < -0.39 is 0 Å². The van der Waals surface area contributed by atoms with Crippen LogP contribution in [0.25, 0.3) is 0 Å². The van der Waals surface area contributed by atoms with Gasteiger partial charge in [-0.05, 0) is 61.7 Å². The Morgan fingerprint density at radius 3 is 2.70 bits per heavy atom. The zero-order valence-corrected chi connectivity index (χ0v) is 12.7. The number of hydrogen-bond donors (Lipinski definition) is 1. The van der Waals surface area contributed by atoms with Crippen LogP contribution in [0, 0.1) is 5.82 Å². The number of nitrogens with one attached hydrogen (secondary N) is 1. The summed E-state index contributed by atoms with van der Waals surface area (Å²) in [5, 5.41) is 2.89. The minimum Gasteiger partial charge on any atom is -0.489 e. The van der Waals surface area contributed by atoms with Crippen LogP contribution >= 0.6 is 0 Å². The summed E-state index contributed by atoms with van der Waals surface area (Å²) in [5.41, 5.74) is 2.40. The lowest BCUT2D eigenvalue weighted by atomic mass is 9.83. The predicted molar refractivity (Wildman–Crippen MR) is 86.4 cm³/mol. The normalized spacial score (nSPS) is 22.0. The van der Waals surface area contributed by atoms with Crippen LogP contribution in [0.2, 0.25) is 0 Å². The van der Waals surface area contributed by atoms with Crippen LogP contribution in [0.3, 0.4) is 0 Å². The number of hydrogen-bond acceptors (Lipinski definition) is 2. The van der Waals surface area contributed by atoms with E-state index in [0.717, 1.165) is 24.3 Å². The first-order valence-electron chi connectivity index (χ1n) is 8.08. The molecule has 2 aromatic rings. The Hall–Kier alpha value is -2.36. The molecule has 2 atom stereocenters. The lowest BCUT2D eigenvalue weighted by Crippen LogP contribution is -2.22. The summed E-state index contributed by atoms with van der Waals surface area (Å²) in [6.07, 6.45) is 5.00. The number of halogens is 1. The van der Waals surface area contributed by atoms with E-state index in [2.05, 4.69) is 5.32 Å². The van der Waals surface area contributed by atoms with E-state index in [4.69, 9.17) is 4.74 Å². The molecule has 2 aromatic carbocycles. The number of benzene rings is 2. The summed E-state index contributed by atoms with van der Waals surface area (Å²) in [6, 6.07) is 11.4. The van der Waals surface area contributed by atoms with Gasteiger partial charge in [-0.25, -0.2) is 4.39 Å². The van der Waals surface area contributed by atoms with Gasteiger partial charge in [0.2, 0.25) is 0 Å². The first-order chi connectivity index (χ1) is 11.2. The predicted octanol–water partition coefficient (Wildman–Crippen LogP) is 4.50. The van der Waals surface area contributed by atoms with Crippen molar-refractivity contribution >= 4 is 11.6 Å². The molecule has 0 saturated heterocycles. The topological polar surface area (TPSA) is 38.3 Å². The van der Waals surface area contributed by atoms with Crippen LogP contribution in [0.4, 0.5) is 10.1 Å². The van der Waals surface area contributed by atoms with Crippen molar-refractivity contribution < 1.29 is 13.9 Å². The Morgan fingerprint density at radius 1 is 1.09 bits per heavy atom. The van der Waals surface area contributed by atoms with Gasteiger partial charge in [-0.1, -0.05) is 6.42 Å². The zero-order chi connectivity index (χ0) is 15.8. The van der Waals surface area contributed by atoms with Gasteiger partial charge in [-0.15, -0.1) is 0 Å². The van der Waals surface area contributed by atoms with Gasteiger partial charge in [-0.3, -0.25) is 4.79 Å². The summed E-state index contributed by atoms with van der Waals surface area (Å²) >= 11 is 0. The van der Waals surface area contributed by atoms with Gasteiger partial charge in [0.15, 0.2) is 0 Å². The van der Waals surface area contributed by atoms with E-state index in [1.807, 2.05) is 18.2 Å². The monoisotopic (exact) mass is 311 g/mol. The molecule has 4 rings (SSSR count).